The second-order valence-corrected chi connectivity index (χ2v) is 6.92. The number of hydrogen-bond donors (Lipinski definition) is 1. The van der Waals surface area contributed by atoms with Gasteiger partial charge >= 0.3 is 6.18 Å². The van der Waals surface area contributed by atoms with Crippen LogP contribution in [0.15, 0.2) is 59.1 Å². The molecule has 0 spiro atoms. The van der Waals surface area contributed by atoms with Crippen molar-refractivity contribution in [3.63, 3.8) is 0 Å². The lowest BCUT2D eigenvalue weighted by Gasteiger charge is -2.32. The molecule has 0 aliphatic carbocycles. The van der Waals surface area contributed by atoms with Gasteiger partial charge in [0.05, 0.1) is 17.8 Å². The molecular weight excluding hydrogens is 396 g/mol. The Morgan fingerprint density at radius 1 is 1.07 bits per heavy atom. The molecule has 2 aromatic heterocycles. The standard InChI is InChI=1S/C18H12F4N4OS/c19-12-6-4-11(5-7-12)14-9-17(27,18(20,21)22)26(25-14)16-24-15(10-28-16)13-3-1-2-8-23-13/h1-8,10,27H,9H2. The quantitative estimate of drug-likeness (QED) is 0.660. The molecular formula is C18H12F4N4OS. The van der Waals surface area contributed by atoms with Gasteiger partial charge in [-0.25, -0.2) is 9.37 Å². The van der Waals surface area contributed by atoms with Gasteiger partial charge in [-0.2, -0.15) is 23.3 Å². The summed E-state index contributed by atoms with van der Waals surface area (Å²) in [6.45, 7) is 0. The Balaban J connectivity index is 1.75. The molecule has 1 aliphatic rings. The summed E-state index contributed by atoms with van der Waals surface area (Å²) < 4.78 is 54.2. The van der Waals surface area contributed by atoms with E-state index in [1.807, 2.05) is 0 Å². The van der Waals surface area contributed by atoms with Crippen LogP contribution in [-0.2, 0) is 0 Å². The average molecular weight is 408 g/mol. The number of nitrogens with zero attached hydrogens (tertiary/aromatic N) is 4. The molecule has 0 saturated heterocycles. The summed E-state index contributed by atoms with van der Waals surface area (Å²) >= 11 is 0.907. The number of benzene rings is 1. The van der Waals surface area contributed by atoms with Crippen molar-refractivity contribution in [2.24, 2.45) is 5.10 Å². The highest BCUT2D eigenvalue weighted by atomic mass is 32.1. The largest absolute Gasteiger partial charge is 0.438 e. The van der Waals surface area contributed by atoms with Crippen LogP contribution in [0, 0.1) is 5.82 Å². The van der Waals surface area contributed by atoms with Gasteiger partial charge in [-0.05, 0) is 29.8 Å². The lowest BCUT2D eigenvalue weighted by atomic mass is 10.0. The van der Waals surface area contributed by atoms with Crippen molar-refractivity contribution in [1.29, 1.82) is 0 Å². The normalized spacial score (nSPS) is 19.8. The first-order chi connectivity index (χ1) is 13.3. The van der Waals surface area contributed by atoms with E-state index in [1.54, 1.807) is 29.8 Å². The number of thiazole rings is 1. The number of hydrazone groups is 1. The Bertz CT molecular complexity index is 1020. The minimum Gasteiger partial charge on any atom is -0.362 e. The molecule has 1 unspecified atom stereocenters. The molecule has 0 bridgehead atoms. The van der Waals surface area contributed by atoms with E-state index in [1.165, 1.54) is 12.1 Å². The van der Waals surface area contributed by atoms with Gasteiger partial charge in [0.15, 0.2) is 0 Å². The van der Waals surface area contributed by atoms with Crippen molar-refractivity contribution in [3.8, 4) is 11.4 Å². The topological polar surface area (TPSA) is 61.6 Å². The van der Waals surface area contributed by atoms with Crippen molar-refractivity contribution >= 4 is 22.2 Å². The van der Waals surface area contributed by atoms with Crippen molar-refractivity contribution in [2.75, 3.05) is 5.01 Å². The van der Waals surface area contributed by atoms with Crippen LogP contribution in [0.2, 0.25) is 0 Å². The Kier molecular flexibility index (Phi) is 4.39. The third-order valence-corrected chi connectivity index (χ3v) is 5.03. The maximum atomic E-state index is 13.7. The monoisotopic (exact) mass is 408 g/mol. The second-order valence-electron chi connectivity index (χ2n) is 6.09. The molecule has 1 aromatic carbocycles. The van der Waals surface area contributed by atoms with Gasteiger partial charge in [-0.1, -0.05) is 18.2 Å². The van der Waals surface area contributed by atoms with Gasteiger partial charge in [0, 0.05) is 11.6 Å². The zero-order valence-corrected chi connectivity index (χ0v) is 14.9. The second kappa shape index (κ2) is 6.64. The zero-order chi connectivity index (χ0) is 19.9. The van der Waals surface area contributed by atoms with E-state index in [2.05, 4.69) is 15.1 Å². The fraction of sp³-hybridized carbons (Fsp3) is 0.167. The van der Waals surface area contributed by atoms with Crippen molar-refractivity contribution in [1.82, 2.24) is 9.97 Å². The first-order valence-electron chi connectivity index (χ1n) is 8.08. The molecule has 1 N–H and O–H groups in total. The molecule has 0 fully saturated rings. The fourth-order valence-corrected chi connectivity index (χ4v) is 3.60. The molecule has 3 heterocycles. The van der Waals surface area contributed by atoms with Gasteiger partial charge in [-0.3, -0.25) is 4.98 Å². The van der Waals surface area contributed by atoms with E-state index in [0.717, 1.165) is 23.5 Å². The summed E-state index contributed by atoms with van der Waals surface area (Å²) in [5, 5.41) is 16.3. The predicted molar refractivity (Wildman–Crippen MR) is 96.4 cm³/mol. The Morgan fingerprint density at radius 3 is 2.46 bits per heavy atom. The van der Waals surface area contributed by atoms with E-state index in [0.29, 0.717) is 16.4 Å². The minimum atomic E-state index is -4.99. The number of anilines is 1. The maximum absolute atomic E-state index is 13.7. The molecule has 1 aliphatic heterocycles. The van der Waals surface area contributed by atoms with Gasteiger partial charge in [-0.15, -0.1) is 11.3 Å². The fourth-order valence-electron chi connectivity index (χ4n) is 2.76. The number of aliphatic hydroxyl groups is 1. The molecule has 1 atom stereocenters. The molecule has 0 amide bonds. The maximum Gasteiger partial charge on any atom is 0.438 e. The van der Waals surface area contributed by atoms with Crippen LogP contribution in [0.3, 0.4) is 0 Å². The zero-order valence-electron chi connectivity index (χ0n) is 14.1. The van der Waals surface area contributed by atoms with Crippen LogP contribution in [0.5, 0.6) is 0 Å². The minimum absolute atomic E-state index is 0.0191. The highest BCUT2D eigenvalue weighted by Gasteiger charge is 2.62. The van der Waals surface area contributed by atoms with E-state index in [-0.39, 0.29) is 16.4 Å². The molecule has 0 radical (unpaired) electrons. The molecule has 3 aromatic rings. The van der Waals surface area contributed by atoms with E-state index in [4.69, 9.17) is 0 Å². The lowest BCUT2D eigenvalue weighted by molar-refractivity contribution is -0.254. The van der Waals surface area contributed by atoms with Crippen molar-refractivity contribution < 1.29 is 22.7 Å². The van der Waals surface area contributed by atoms with Gasteiger partial charge in [0.2, 0.25) is 5.13 Å². The highest BCUT2D eigenvalue weighted by Crippen LogP contribution is 2.44. The summed E-state index contributed by atoms with van der Waals surface area (Å²) in [5.41, 5.74) is -2.13. The van der Waals surface area contributed by atoms with Crippen LogP contribution in [0.1, 0.15) is 12.0 Å². The first-order valence-corrected chi connectivity index (χ1v) is 8.95. The average Bonchev–Trinajstić information content (AvgIpc) is 3.28. The molecule has 5 nitrogen and oxygen atoms in total. The SMILES string of the molecule is OC1(C(F)(F)F)CC(c2ccc(F)cc2)=NN1c1nc(-c2ccccn2)cs1. The number of hydrogen-bond acceptors (Lipinski definition) is 6. The van der Waals surface area contributed by atoms with E-state index >= 15 is 0 Å². The van der Waals surface area contributed by atoms with Gasteiger partial charge < -0.3 is 5.11 Å². The molecule has 144 valence electrons. The Morgan fingerprint density at radius 2 is 1.82 bits per heavy atom. The molecule has 10 heteroatoms. The van der Waals surface area contributed by atoms with Crippen LogP contribution >= 0.6 is 11.3 Å². The highest BCUT2D eigenvalue weighted by molar-refractivity contribution is 7.14. The van der Waals surface area contributed by atoms with Gasteiger partial charge in [0.1, 0.15) is 11.5 Å². The number of aromatic nitrogens is 2. The Labute approximate surface area is 160 Å². The van der Waals surface area contributed by atoms with Crippen LogP contribution in [-0.4, -0.2) is 32.7 Å². The molecule has 28 heavy (non-hydrogen) atoms. The van der Waals surface area contributed by atoms with E-state index in [9.17, 15) is 22.7 Å². The van der Waals surface area contributed by atoms with Crippen LogP contribution in [0.25, 0.3) is 11.4 Å². The van der Waals surface area contributed by atoms with Crippen LogP contribution < -0.4 is 5.01 Å². The van der Waals surface area contributed by atoms with Gasteiger partial charge in [0.25, 0.3) is 5.72 Å². The number of rotatable bonds is 3. The smallest absolute Gasteiger partial charge is 0.362 e. The summed E-state index contributed by atoms with van der Waals surface area (Å²) in [5.74, 6) is -0.523. The molecule has 0 saturated carbocycles. The van der Waals surface area contributed by atoms with Crippen LogP contribution in [0.4, 0.5) is 22.7 Å². The third-order valence-electron chi connectivity index (χ3n) is 4.22. The number of alkyl halides is 3. The summed E-state index contributed by atoms with van der Waals surface area (Å²) in [6.07, 6.45) is -4.25. The summed E-state index contributed by atoms with van der Waals surface area (Å²) in [4.78, 5) is 8.28. The summed E-state index contributed by atoms with van der Waals surface area (Å²) in [7, 11) is 0. The molecule has 4 rings (SSSR count). The summed E-state index contributed by atoms with van der Waals surface area (Å²) in [6, 6.07) is 9.98. The predicted octanol–water partition coefficient (Wildman–Crippen LogP) is 4.21. The first kappa shape index (κ1) is 18.5. The number of pyridine rings is 1. The lowest BCUT2D eigenvalue weighted by Crippen LogP contribution is -2.55. The third kappa shape index (κ3) is 3.14. The van der Waals surface area contributed by atoms with E-state index < -0.39 is 24.1 Å². The van der Waals surface area contributed by atoms with Crippen molar-refractivity contribution in [2.45, 2.75) is 18.3 Å². The van der Waals surface area contributed by atoms with Crippen molar-refractivity contribution in [3.05, 3.63) is 65.4 Å². The number of halogens is 4. The Hall–Kier alpha value is -2.85.